The first-order chi connectivity index (χ1) is 13.7. The van der Waals surface area contributed by atoms with E-state index in [-0.39, 0.29) is 31.0 Å². The van der Waals surface area contributed by atoms with Gasteiger partial charge in [-0.2, -0.15) is 0 Å². The van der Waals surface area contributed by atoms with Crippen molar-refractivity contribution < 1.29 is 18.7 Å². The molecule has 1 N–H and O–H groups in total. The third kappa shape index (κ3) is 6.59. The monoisotopic (exact) mass is 400 g/mol. The summed E-state index contributed by atoms with van der Waals surface area (Å²) in [6.07, 6.45) is 0. The molecule has 0 aliphatic heterocycles. The van der Waals surface area contributed by atoms with Crippen LogP contribution in [0.5, 0.6) is 5.75 Å². The Kier molecular flexibility index (Phi) is 7.76. The van der Waals surface area contributed by atoms with Crippen molar-refractivity contribution in [3.05, 3.63) is 65.0 Å². The van der Waals surface area contributed by atoms with Gasteiger partial charge in [-0.15, -0.1) is 0 Å². The molecule has 0 radical (unpaired) electrons. The van der Waals surface area contributed by atoms with Gasteiger partial charge in [0.25, 0.3) is 5.91 Å². The van der Waals surface area contributed by atoms with Crippen LogP contribution in [-0.4, -0.2) is 35.4 Å². The predicted octanol–water partition coefficient (Wildman–Crippen LogP) is 3.76. The van der Waals surface area contributed by atoms with Crippen LogP contribution < -0.4 is 10.1 Å². The van der Waals surface area contributed by atoms with Crippen LogP contribution in [-0.2, 0) is 16.1 Å². The number of hydrogen-bond acceptors (Lipinski definition) is 3. The van der Waals surface area contributed by atoms with E-state index in [1.807, 2.05) is 45.9 Å². The molecule has 0 heterocycles. The van der Waals surface area contributed by atoms with Crippen LogP contribution >= 0.6 is 0 Å². The molecule has 1 unspecified atom stereocenters. The molecule has 6 heteroatoms. The van der Waals surface area contributed by atoms with Crippen molar-refractivity contribution in [1.29, 1.82) is 0 Å². The number of nitrogens with one attached hydrogen (secondary N) is 1. The molecule has 0 saturated heterocycles. The van der Waals surface area contributed by atoms with E-state index in [0.717, 1.165) is 11.1 Å². The zero-order valence-electron chi connectivity index (χ0n) is 17.7. The van der Waals surface area contributed by atoms with Gasteiger partial charge in [-0.3, -0.25) is 9.59 Å². The predicted molar refractivity (Wildman–Crippen MR) is 111 cm³/mol. The molecule has 5 nitrogen and oxygen atoms in total. The smallest absolute Gasteiger partial charge is 0.261 e. The third-order valence-corrected chi connectivity index (χ3v) is 4.45. The maximum Gasteiger partial charge on any atom is 0.261 e. The van der Waals surface area contributed by atoms with Gasteiger partial charge >= 0.3 is 0 Å². The average molecular weight is 400 g/mol. The molecule has 0 aliphatic rings. The van der Waals surface area contributed by atoms with Gasteiger partial charge in [0.1, 0.15) is 17.6 Å². The number of rotatable bonds is 8. The summed E-state index contributed by atoms with van der Waals surface area (Å²) in [5.41, 5.74) is 2.40. The molecule has 0 bridgehead atoms. The molecule has 0 saturated carbocycles. The highest BCUT2D eigenvalue weighted by molar-refractivity contribution is 5.88. The first-order valence-corrected chi connectivity index (χ1v) is 9.71. The second-order valence-corrected chi connectivity index (χ2v) is 7.56. The quantitative estimate of drug-likeness (QED) is 0.734. The van der Waals surface area contributed by atoms with E-state index in [2.05, 4.69) is 5.32 Å². The van der Waals surface area contributed by atoms with Crippen LogP contribution in [0.2, 0.25) is 0 Å². The van der Waals surface area contributed by atoms with Crippen molar-refractivity contribution in [2.75, 3.05) is 6.61 Å². The number of halogens is 1. The Morgan fingerprint density at radius 1 is 1.07 bits per heavy atom. The highest BCUT2D eigenvalue weighted by Crippen LogP contribution is 2.17. The van der Waals surface area contributed by atoms with Crippen LogP contribution in [0.25, 0.3) is 0 Å². The summed E-state index contributed by atoms with van der Waals surface area (Å²) >= 11 is 0. The molecule has 0 aromatic heterocycles. The van der Waals surface area contributed by atoms with E-state index in [9.17, 15) is 14.0 Å². The summed E-state index contributed by atoms with van der Waals surface area (Å²) in [5, 5.41) is 2.80. The average Bonchev–Trinajstić information content (AvgIpc) is 2.63. The van der Waals surface area contributed by atoms with Crippen LogP contribution in [0.4, 0.5) is 4.39 Å². The van der Waals surface area contributed by atoms with Crippen LogP contribution in [0.1, 0.15) is 37.5 Å². The normalized spacial score (nSPS) is 11.8. The van der Waals surface area contributed by atoms with E-state index in [4.69, 9.17) is 4.74 Å². The number of amides is 2. The van der Waals surface area contributed by atoms with Crippen molar-refractivity contribution >= 4 is 11.8 Å². The molecule has 156 valence electrons. The Balaban J connectivity index is 2.19. The highest BCUT2D eigenvalue weighted by Gasteiger charge is 2.27. The van der Waals surface area contributed by atoms with Gasteiger partial charge < -0.3 is 15.0 Å². The lowest BCUT2D eigenvalue weighted by Crippen LogP contribution is -2.50. The van der Waals surface area contributed by atoms with E-state index in [0.29, 0.717) is 11.3 Å². The molecule has 0 spiro atoms. The number of nitrogens with zero attached hydrogens (tertiary/aromatic N) is 1. The second kappa shape index (κ2) is 10.0. The summed E-state index contributed by atoms with van der Waals surface area (Å²) in [4.78, 5) is 26.8. The molecule has 1 atom stereocenters. The number of hydrogen-bond donors (Lipinski definition) is 1. The van der Waals surface area contributed by atoms with Crippen molar-refractivity contribution in [1.82, 2.24) is 10.2 Å². The zero-order chi connectivity index (χ0) is 21.6. The lowest BCUT2D eigenvalue weighted by molar-refractivity contribution is -0.142. The summed E-state index contributed by atoms with van der Waals surface area (Å²) in [6, 6.07) is 11.1. The minimum absolute atomic E-state index is 0.0195. The topological polar surface area (TPSA) is 58.6 Å². The molecule has 2 aromatic rings. The van der Waals surface area contributed by atoms with Gasteiger partial charge in [-0.05, 0) is 63.9 Å². The fourth-order valence-electron chi connectivity index (χ4n) is 3.04. The maximum atomic E-state index is 14.2. The summed E-state index contributed by atoms with van der Waals surface area (Å²) in [6.45, 7) is 8.96. The zero-order valence-corrected chi connectivity index (χ0v) is 17.7. The number of benzene rings is 2. The fourth-order valence-corrected chi connectivity index (χ4v) is 3.04. The SMILES string of the molecule is Cc1cc(C)cc(OCC(=O)N(Cc2ccccc2F)C(C)C(=O)NC(C)C)c1. The van der Waals surface area contributed by atoms with Crippen LogP contribution in [0, 0.1) is 19.7 Å². The first-order valence-electron chi connectivity index (χ1n) is 9.71. The maximum absolute atomic E-state index is 14.2. The van der Waals surface area contributed by atoms with Crippen molar-refractivity contribution in [3.8, 4) is 5.75 Å². The minimum atomic E-state index is -0.771. The molecular formula is C23H29FN2O3. The molecule has 0 fully saturated rings. The van der Waals surface area contributed by atoms with Crippen LogP contribution in [0.3, 0.4) is 0 Å². The van der Waals surface area contributed by atoms with Gasteiger partial charge in [0.2, 0.25) is 5.91 Å². The van der Waals surface area contributed by atoms with Gasteiger partial charge in [0, 0.05) is 18.2 Å². The van der Waals surface area contributed by atoms with E-state index < -0.39 is 11.9 Å². The lowest BCUT2D eigenvalue weighted by Gasteiger charge is -2.29. The van der Waals surface area contributed by atoms with Crippen molar-refractivity contribution in [2.45, 2.75) is 53.2 Å². The molecule has 0 aliphatic carbocycles. The lowest BCUT2D eigenvalue weighted by atomic mass is 10.1. The standard InChI is InChI=1S/C23H29FN2O3/c1-15(2)25-23(28)18(5)26(13-19-8-6-7-9-21(19)24)22(27)14-29-20-11-16(3)10-17(4)12-20/h6-12,15,18H,13-14H2,1-5H3,(H,25,28). The largest absolute Gasteiger partial charge is 0.484 e. The Morgan fingerprint density at radius 3 is 2.28 bits per heavy atom. The van der Waals surface area contributed by atoms with E-state index >= 15 is 0 Å². The Hall–Kier alpha value is -2.89. The molecule has 2 rings (SSSR count). The summed E-state index contributed by atoms with van der Waals surface area (Å²) in [7, 11) is 0. The van der Waals surface area contributed by atoms with Gasteiger partial charge in [0.15, 0.2) is 6.61 Å². The minimum Gasteiger partial charge on any atom is -0.484 e. The number of aryl methyl sites for hydroxylation is 2. The number of carbonyl (C=O) groups excluding carboxylic acids is 2. The van der Waals surface area contributed by atoms with Gasteiger partial charge in [-0.25, -0.2) is 4.39 Å². The second-order valence-electron chi connectivity index (χ2n) is 7.56. The Morgan fingerprint density at radius 2 is 1.69 bits per heavy atom. The first kappa shape index (κ1) is 22.4. The van der Waals surface area contributed by atoms with Gasteiger partial charge in [-0.1, -0.05) is 24.3 Å². The molecule has 29 heavy (non-hydrogen) atoms. The summed E-state index contributed by atoms with van der Waals surface area (Å²) < 4.78 is 19.8. The molecule has 2 aromatic carbocycles. The molecular weight excluding hydrogens is 371 g/mol. The number of carbonyl (C=O) groups is 2. The highest BCUT2D eigenvalue weighted by atomic mass is 19.1. The number of ether oxygens (including phenoxy) is 1. The van der Waals surface area contributed by atoms with Crippen LogP contribution in [0.15, 0.2) is 42.5 Å². The fraction of sp³-hybridized carbons (Fsp3) is 0.391. The summed E-state index contributed by atoms with van der Waals surface area (Å²) in [5.74, 6) is -0.520. The Bertz CT molecular complexity index is 847. The van der Waals surface area contributed by atoms with Gasteiger partial charge in [0.05, 0.1) is 0 Å². The Labute approximate surface area is 171 Å². The van der Waals surface area contributed by atoms with E-state index in [1.54, 1.807) is 25.1 Å². The van der Waals surface area contributed by atoms with Crippen molar-refractivity contribution in [3.63, 3.8) is 0 Å². The van der Waals surface area contributed by atoms with E-state index in [1.165, 1.54) is 11.0 Å². The molecule has 2 amide bonds. The van der Waals surface area contributed by atoms with Crippen molar-refractivity contribution in [2.24, 2.45) is 0 Å². The third-order valence-electron chi connectivity index (χ3n) is 4.45.